The predicted molar refractivity (Wildman–Crippen MR) is 40.4 cm³/mol. The van der Waals surface area contributed by atoms with Crippen molar-refractivity contribution >= 4 is 5.91 Å². The summed E-state index contributed by atoms with van der Waals surface area (Å²) in [6, 6.07) is 0. The molecule has 2 rings (SSSR count). The molecule has 0 radical (unpaired) electrons. The molecule has 1 aliphatic heterocycles. The zero-order valence-corrected chi connectivity index (χ0v) is 6.39. The highest BCUT2D eigenvalue weighted by molar-refractivity contribution is 5.77. The lowest BCUT2D eigenvalue weighted by Crippen LogP contribution is -2.68. The number of nitrogens with two attached hydrogens (primary N) is 1. The maximum Gasteiger partial charge on any atom is 0.220 e. The molecule has 0 aromatic rings. The zero-order valence-electron chi connectivity index (χ0n) is 6.39. The monoisotopic (exact) mass is 155 g/mol. The molecule has 2 unspecified atom stereocenters. The Labute approximate surface area is 65.5 Å². The first-order chi connectivity index (χ1) is 5.22. The molecule has 2 aliphatic rings. The number of nitrogens with one attached hydrogen (secondary N) is 2. The molecule has 1 amide bonds. The molecule has 2 atom stereocenters. The molecular weight excluding hydrogens is 142 g/mol. The van der Waals surface area contributed by atoms with E-state index in [2.05, 4.69) is 10.9 Å². The summed E-state index contributed by atoms with van der Waals surface area (Å²) in [5, 5.41) is 0. The third-order valence-electron chi connectivity index (χ3n) is 2.79. The van der Waals surface area contributed by atoms with Crippen LogP contribution in [0.1, 0.15) is 19.3 Å². The minimum atomic E-state index is -0.143. The molecule has 1 saturated carbocycles. The van der Waals surface area contributed by atoms with E-state index in [9.17, 15) is 4.79 Å². The van der Waals surface area contributed by atoms with Gasteiger partial charge in [-0.05, 0) is 19.3 Å². The molecule has 4 nitrogen and oxygen atoms in total. The van der Waals surface area contributed by atoms with Crippen LogP contribution in [-0.4, -0.2) is 18.0 Å². The fraction of sp³-hybridized carbons (Fsp3) is 0.857. The topological polar surface area (TPSA) is 67.2 Å². The summed E-state index contributed by atoms with van der Waals surface area (Å²) in [7, 11) is 0. The Morgan fingerprint density at radius 3 is 2.64 bits per heavy atom. The van der Waals surface area contributed by atoms with E-state index >= 15 is 0 Å². The summed E-state index contributed by atoms with van der Waals surface area (Å²) in [6.07, 6.45) is 2.94. The minimum absolute atomic E-state index is 0.101. The van der Waals surface area contributed by atoms with Crippen molar-refractivity contribution in [2.75, 3.05) is 6.54 Å². The summed E-state index contributed by atoms with van der Waals surface area (Å²) in [5.74, 6) is -0.0415. The van der Waals surface area contributed by atoms with E-state index in [1.165, 1.54) is 0 Å². The third kappa shape index (κ3) is 1.02. The number of hydrogen-bond acceptors (Lipinski definition) is 3. The van der Waals surface area contributed by atoms with Crippen molar-refractivity contribution in [1.29, 1.82) is 0 Å². The van der Waals surface area contributed by atoms with Gasteiger partial charge < -0.3 is 5.73 Å². The molecule has 62 valence electrons. The van der Waals surface area contributed by atoms with Crippen LogP contribution in [0.4, 0.5) is 0 Å². The van der Waals surface area contributed by atoms with E-state index in [0.29, 0.717) is 0 Å². The first kappa shape index (κ1) is 7.06. The van der Waals surface area contributed by atoms with Gasteiger partial charge in [-0.3, -0.25) is 15.6 Å². The lowest BCUT2D eigenvalue weighted by Gasteiger charge is -2.40. The summed E-state index contributed by atoms with van der Waals surface area (Å²) >= 11 is 0. The molecule has 0 aromatic heterocycles. The summed E-state index contributed by atoms with van der Waals surface area (Å²) < 4.78 is 0. The molecule has 0 aromatic carbocycles. The van der Waals surface area contributed by atoms with Crippen molar-refractivity contribution < 1.29 is 4.79 Å². The fourth-order valence-electron chi connectivity index (χ4n) is 1.98. The van der Waals surface area contributed by atoms with Gasteiger partial charge in [-0.1, -0.05) is 0 Å². The number of carbonyl (C=O) groups is 1. The highest BCUT2D eigenvalue weighted by atomic mass is 16.1. The Morgan fingerprint density at radius 2 is 2.36 bits per heavy atom. The molecule has 1 spiro atoms. The van der Waals surface area contributed by atoms with E-state index in [1.807, 2.05) is 0 Å². The second-order valence-electron chi connectivity index (χ2n) is 3.60. The van der Waals surface area contributed by atoms with Gasteiger partial charge in [0.15, 0.2) is 0 Å². The Kier molecular flexibility index (Phi) is 1.40. The van der Waals surface area contributed by atoms with Crippen molar-refractivity contribution in [1.82, 2.24) is 10.9 Å². The quantitative estimate of drug-likeness (QED) is 0.460. The summed E-state index contributed by atoms with van der Waals surface area (Å²) in [5.41, 5.74) is 11.6. The van der Waals surface area contributed by atoms with E-state index in [-0.39, 0.29) is 17.4 Å². The maximum atomic E-state index is 10.8. The largest absolute Gasteiger partial charge is 0.369 e. The molecule has 4 N–H and O–H groups in total. The van der Waals surface area contributed by atoms with E-state index in [1.54, 1.807) is 0 Å². The summed E-state index contributed by atoms with van der Waals surface area (Å²) in [4.78, 5) is 10.8. The van der Waals surface area contributed by atoms with Crippen LogP contribution >= 0.6 is 0 Å². The Balaban J connectivity index is 1.98. The SMILES string of the molecule is NC(=O)C1CCC2(CNN2)C1. The van der Waals surface area contributed by atoms with Crippen molar-refractivity contribution in [3.8, 4) is 0 Å². The van der Waals surface area contributed by atoms with Crippen molar-refractivity contribution in [3.05, 3.63) is 0 Å². The lowest BCUT2D eigenvalue weighted by atomic mass is 9.94. The highest BCUT2D eigenvalue weighted by Gasteiger charge is 2.45. The van der Waals surface area contributed by atoms with E-state index in [0.717, 1.165) is 25.8 Å². The van der Waals surface area contributed by atoms with Gasteiger partial charge >= 0.3 is 0 Å². The molecule has 1 heterocycles. The van der Waals surface area contributed by atoms with Crippen LogP contribution in [0.15, 0.2) is 0 Å². The van der Waals surface area contributed by atoms with Gasteiger partial charge in [0.2, 0.25) is 5.91 Å². The van der Waals surface area contributed by atoms with Crippen LogP contribution in [0, 0.1) is 5.92 Å². The van der Waals surface area contributed by atoms with Crippen molar-refractivity contribution in [2.45, 2.75) is 24.8 Å². The molecular formula is C7H13N3O. The first-order valence-corrected chi connectivity index (χ1v) is 4.01. The van der Waals surface area contributed by atoms with Gasteiger partial charge in [-0.2, -0.15) is 0 Å². The highest BCUT2D eigenvalue weighted by Crippen LogP contribution is 2.36. The van der Waals surface area contributed by atoms with Crippen LogP contribution in [0.3, 0.4) is 0 Å². The molecule has 4 heteroatoms. The third-order valence-corrected chi connectivity index (χ3v) is 2.79. The van der Waals surface area contributed by atoms with Gasteiger partial charge in [0.25, 0.3) is 0 Å². The van der Waals surface area contributed by atoms with Gasteiger partial charge in [0.1, 0.15) is 0 Å². The van der Waals surface area contributed by atoms with Gasteiger partial charge in [-0.15, -0.1) is 0 Å². The number of hydrogen-bond donors (Lipinski definition) is 3. The second kappa shape index (κ2) is 2.19. The van der Waals surface area contributed by atoms with E-state index < -0.39 is 0 Å². The molecule has 1 saturated heterocycles. The lowest BCUT2D eigenvalue weighted by molar-refractivity contribution is -0.121. The average Bonchev–Trinajstić information content (AvgIpc) is 2.28. The van der Waals surface area contributed by atoms with Crippen LogP contribution in [-0.2, 0) is 4.79 Å². The van der Waals surface area contributed by atoms with Gasteiger partial charge in [-0.25, -0.2) is 0 Å². The van der Waals surface area contributed by atoms with Crippen LogP contribution in [0.2, 0.25) is 0 Å². The number of rotatable bonds is 1. The van der Waals surface area contributed by atoms with Crippen LogP contribution in [0.25, 0.3) is 0 Å². The van der Waals surface area contributed by atoms with Crippen molar-refractivity contribution in [2.24, 2.45) is 11.7 Å². The van der Waals surface area contributed by atoms with E-state index in [4.69, 9.17) is 5.73 Å². The normalized spacial score (nSPS) is 42.4. The standard InChI is InChI=1S/C7H13N3O/c8-6(11)5-1-2-7(3-5)4-9-10-7/h5,9-10H,1-4H2,(H2,8,11). The van der Waals surface area contributed by atoms with Gasteiger partial charge in [0, 0.05) is 18.0 Å². The summed E-state index contributed by atoms with van der Waals surface area (Å²) in [6.45, 7) is 0.983. The Hall–Kier alpha value is -0.610. The number of hydrazine groups is 1. The van der Waals surface area contributed by atoms with Crippen molar-refractivity contribution in [3.63, 3.8) is 0 Å². The molecule has 1 aliphatic carbocycles. The Morgan fingerprint density at radius 1 is 1.64 bits per heavy atom. The smallest absolute Gasteiger partial charge is 0.220 e. The first-order valence-electron chi connectivity index (χ1n) is 4.01. The zero-order chi connectivity index (χ0) is 7.90. The average molecular weight is 155 g/mol. The molecule has 0 bridgehead atoms. The fourth-order valence-corrected chi connectivity index (χ4v) is 1.98. The van der Waals surface area contributed by atoms with Gasteiger partial charge in [0.05, 0.1) is 0 Å². The second-order valence-corrected chi connectivity index (χ2v) is 3.60. The minimum Gasteiger partial charge on any atom is -0.369 e. The maximum absolute atomic E-state index is 10.8. The predicted octanol–water partition coefficient (Wildman–Crippen LogP) is -0.882. The molecule has 2 fully saturated rings. The Bertz CT molecular complexity index is 188. The number of amides is 1. The number of carbonyl (C=O) groups excluding carboxylic acids is 1. The van der Waals surface area contributed by atoms with Crippen LogP contribution < -0.4 is 16.6 Å². The number of primary amides is 1. The van der Waals surface area contributed by atoms with Crippen LogP contribution in [0.5, 0.6) is 0 Å². The molecule has 11 heavy (non-hydrogen) atoms.